The van der Waals surface area contributed by atoms with Gasteiger partial charge < -0.3 is 24.4 Å². The number of nitrogens with one attached hydrogen (secondary N) is 1. The summed E-state index contributed by atoms with van der Waals surface area (Å²) < 4.78 is 6.84. The number of hydrogen-bond donors (Lipinski definition) is 1. The molecule has 0 bridgehead atoms. The van der Waals surface area contributed by atoms with Crippen molar-refractivity contribution in [2.45, 2.75) is 45.6 Å². The maximum absolute atomic E-state index is 13.4. The van der Waals surface area contributed by atoms with Crippen LogP contribution in [-0.2, 0) is 9.53 Å². The number of urea groups is 1. The summed E-state index contributed by atoms with van der Waals surface area (Å²) >= 11 is 0. The van der Waals surface area contributed by atoms with Gasteiger partial charge in [-0.15, -0.1) is 0 Å². The molecule has 8 nitrogen and oxygen atoms in total. The van der Waals surface area contributed by atoms with Gasteiger partial charge in [-0.25, -0.2) is 9.59 Å². The summed E-state index contributed by atoms with van der Waals surface area (Å²) in [5.74, 6) is -0.104. The zero-order valence-corrected chi connectivity index (χ0v) is 20.9. The van der Waals surface area contributed by atoms with Crippen molar-refractivity contribution < 1.29 is 19.1 Å². The van der Waals surface area contributed by atoms with Crippen molar-refractivity contribution in [3.63, 3.8) is 0 Å². The van der Waals surface area contributed by atoms with Gasteiger partial charge in [0.25, 0.3) is 5.91 Å². The Labute approximate surface area is 207 Å². The molecule has 0 radical (unpaired) electrons. The molecular formula is C27H36N4O4. The monoisotopic (exact) mass is 480 g/mol. The Morgan fingerprint density at radius 3 is 2.23 bits per heavy atom. The summed E-state index contributed by atoms with van der Waals surface area (Å²) in [6, 6.07) is 10.8. The predicted octanol–water partition coefficient (Wildman–Crippen LogP) is 3.70. The van der Waals surface area contributed by atoms with Crippen LogP contribution in [0.25, 0.3) is 5.69 Å². The number of ether oxygens (including phenoxy) is 1. The van der Waals surface area contributed by atoms with Crippen LogP contribution in [0.4, 0.5) is 4.79 Å². The summed E-state index contributed by atoms with van der Waals surface area (Å²) in [7, 11) is 1.35. The largest absolute Gasteiger partial charge is 0.467 e. The lowest BCUT2D eigenvalue weighted by Gasteiger charge is -2.39. The Balaban J connectivity index is 1.36. The minimum absolute atomic E-state index is 0.0207. The Bertz CT molecular complexity index is 1040. The average molecular weight is 481 g/mol. The number of methoxy groups -OCH3 is 1. The maximum atomic E-state index is 13.4. The predicted molar refractivity (Wildman–Crippen MR) is 133 cm³/mol. The van der Waals surface area contributed by atoms with Gasteiger partial charge in [0.15, 0.2) is 0 Å². The average Bonchev–Trinajstić information content (AvgIpc) is 3.54. The van der Waals surface area contributed by atoms with Gasteiger partial charge in [-0.2, -0.15) is 0 Å². The number of hydrogen-bond acceptors (Lipinski definition) is 4. The highest BCUT2D eigenvalue weighted by atomic mass is 16.5. The number of likely N-dealkylation sites (tertiary alicyclic amines) is 2. The number of carbonyl (C=O) groups is 3. The highest BCUT2D eigenvalue weighted by Crippen LogP contribution is 2.40. The van der Waals surface area contributed by atoms with Crippen LogP contribution in [-0.4, -0.2) is 71.6 Å². The van der Waals surface area contributed by atoms with Crippen LogP contribution in [0.15, 0.2) is 48.8 Å². The van der Waals surface area contributed by atoms with E-state index in [1.807, 2.05) is 77.0 Å². The van der Waals surface area contributed by atoms with Gasteiger partial charge in [-0.3, -0.25) is 4.79 Å². The zero-order valence-electron chi connectivity index (χ0n) is 20.9. The first-order valence-electron chi connectivity index (χ1n) is 12.5. The molecule has 1 N–H and O–H groups in total. The van der Waals surface area contributed by atoms with Gasteiger partial charge in [0.2, 0.25) is 0 Å². The van der Waals surface area contributed by atoms with Gasteiger partial charge in [0.05, 0.1) is 18.4 Å². The smallest absolute Gasteiger partial charge is 0.328 e. The number of benzene rings is 1. The van der Waals surface area contributed by atoms with E-state index >= 15 is 0 Å². The third-order valence-corrected chi connectivity index (χ3v) is 7.34. The number of rotatable bonds is 6. The van der Waals surface area contributed by atoms with Crippen molar-refractivity contribution in [2.24, 2.45) is 11.3 Å². The summed E-state index contributed by atoms with van der Waals surface area (Å²) in [5.41, 5.74) is 1.60. The van der Waals surface area contributed by atoms with Crippen molar-refractivity contribution in [1.29, 1.82) is 0 Å². The second-order valence-electron chi connectivity index (χ2n) is 10.2. The topological polar surface area (TPSA) is 83.9 Å². The zero-order chi connectivity index (χ0) is 25.0. The molecule has 8 heteroatoms. The fraction of sp³-hybridized carbons (Fsp3) is 0.519. The molecule has 1 aromatic carbocycles. The van der Waals surface area contributed by atoms with Crippen molar-refractivity contribution >= 4 is 17.9 Å². The van der Waals surface area contributed by atoms with Crippen LogP contribution in [0.3, 0.4) is 0 Å². The normalized spacial score (nSPS) is 18.1. The summed E-state index contributed by atoms with van der Waals surface area (Å²) in [4.78, 5) is 42.2. The van der Waals surface area contributed by atoms with Gasteiger partial charge in [0.1, 0.15) is 6.04 Å². The van der Waals surface area contributed by atoms with Crippen LogP contribution in [0.5, 0.6) is 0 Å². The van der Waals surface area contributed by atoms with Crippen LogP contribution < -0.4 is 5.32 Å². The van der Waals surface area contributed by atoms with E-state index < -0.39 is 12.0 Å². The molecule has 2 fully saturated rings. The van der Waals surface area contributed by atoms with E-state index in [4.69, 9.17) is 4.74 Å². The van der Waals surface area contributed by atoms with Crippen molar-refractivity contribution in [3.8, 4) is 5.69 Å². The van der Waals surface area contributed by atoms with E-state index in [0.717, 1.165) is 24.9 Å². The number of para-hydroxylation sites is 1. The van der Waals surface area contributed by atoms with Crippen molar-refractivity contribution in [2.75, 3.05) is 33.3 Å². The number of esters is 1. The van der Waals surface area contributed by atoms with E-state index in [0.29, 0.717) is 38.2 Å². The molecule has 0 aliphatic carbocycles. The molecular weight excluding hydrogens is 444 g/mol. The van der Waals surface area contributed by atoms with Gasteiger partial charge in [0, 0.05) is 38.6 Å². The molecule has 1 aromatic heterocycles. The maximum Gasteiger partial charge on any atom is 0.328 e. The molecule has 2 aliphatic rings. The summed E-state index contributed by atoms with van der Waals surface area (Å²) in [6.45, 7) is 6.68. The lowest BCUT2D eigenvalue weighted by atomic mass is 9.77. The molecule has 1 atom stereocenters. The summed E-state index contributed by atoms with van der Waals surface area (Å²) in [5, 5.41) is 2.88. The van der Waals surface area contributed by atoms with E-state index in [1.165, 1.54) is 7.11 Å². The second kappa shape index (κ2) is 10.5. The molecule has 0 saturated carbocycles. The molecule has 3 heterocycles. The van der Waals surface area contributed by atoms with E-state index in [1.54, 1.807) is 0 Å². The number of nitrogens with zero attached hydrogens (tertiary/aromatic N) is 3. The number of aromatic nitrogens is 1. The Hall–Kier alpha value is -3.29. The third-order valence-electron chi connectivity index (χ3n) is 7.34. The molecule has 2 aromatic rings. The first-order chi connectivity index (χ1) is 16.8. The summed E-state index contributed by atoms with van der Waals surface area (Å²) in [6.07, 6.45) is 7.07. The molecule has 188 valence electrons. The highest BCUT2D eigenvalue weighted by Gasteiger charge is 2.43. The molecule has 1 unspecified atom stereocenters. The SMILES string of the molecule is COC(=O)C(CC(C)C)NC(=O)N1CCC2(CCN(C(=O)c3ccccc3-n3cccc3)CC2)C1. The Kier molecular flexibility index (Phi) is 7.48. The molecule has 35 heavy (non-hydrogen) atoms. The van der Waals surface area contributed by atoms with Crippen LogP contribution in [0.1, 0.15) is 49.9 Å². The first-order valence-corrected chi connectivity index (χ1v) is 12.5. The lowest BCUT2D eigenvalue weighted by molar-refractivity contribution is -0.143. The highest BCUT2D eigenvalue weighted by molar-refractivity contribution is 5.98. The minimum atomic E-state index is -0.635. The Morgan fingerprint density at radius 1 is 0.971 bits per heavy atom. The lowest BCUT2D eigenvalue weighted by Crippen LogP contribution is -2.49. The second-order valence-corrected chi connectivity index (χ2v) is 10.2. The molecule has 3 amide bonds. The first kappa shape index (κ1) is 24.8. The van der Waals surface area contributed by atoms with Crippen molar-refractivity contribution in [3.05, 3.63) is 54.4 Å². The fourth-order valence-corrected chi connectivity index (χ4v) is 5.31. The van der Waals surface area contributed by atoms with Gasteiger partial charge >= 0.3 is 12.0 Å². The van der Waals surface area contributed by atoms with E-state index in [9.17, 15) is 14.4 Å². The van der Waals surface area contributed by atoms with Crippen LogP contribution in [0, 0.1) is 11.3 Å². The molecule has 1 spiro atoms. The quantitative estimate of drug-likeness (QED) is 0.639. The van der Waals surface area contributed by atoms with Crippen LogP contribution in [0.2, 0.25) is 0 Å². The number of amides is 3. The Morgan fingerprint density at radius 2 is 1.60 bits per heavy atom. The standard InChI is InChI=1S/C27H36N4O4/c1-20(2)18-22(25(33)35-3)28-26(34)31-17-12-27(19-31)10-15-30(16-11-27)24(32)21-8-4-5-9-23(21)29-13-6-7-14-29/h4-9,13-14,20,22H,10-12,15-19H2,1-3H3,(H,28,34). The van der Waals surface area contributed by atoms with E-state index in [2.05, 4.69) is 5.32 Å². The molecule has 4 rings (SSSR count). The minimum Gasteiger partial charge on any atom is -0.467 e. The fourth-order valence-electron chi connectivity index (χ4n) is 5.31. The molecule has 2 saturated heterocycles. The number of carbonyl (C=O) groups excluding carboxylic acids is 3. The van der Waals surface area contributed by atoms with Crippen LogP contribution >= 0.6 is 0 Å². The third kappa shape index (κ3) is 5.52. The number of piperidine rings is 1. The van der Waals surface area contributed by atoms with Gasteiger partial charge in [-0.05, 0) is 61.3 Å². The van der Waals surface area contributed by atoms with Gasteiger partial charge in [-0.1, -0.05) is 26.0 Å². The van der Waals surface area contributed by atoms with E-state index in [-0.39, 0.29) is 23.3 Å². The molecule has 2 aliphatic heterocycles. The van der Waals surface area contributed by atoms with Crippen molar-refractivity contribution in [1.82, 2.24) is 19.7 Å².